The van der Waals surface area contributed by atoms with E-state index in [0.717, 1.165) is 16.7 Å². The summed E-state index contributed by atoms with van der Waals surface area (Å²) in [7, 11) is 0. The lowest BCUT2D eigenvalue weighted by Gasteiger charge is -2.05. The maximum Gasteiger partial charge on any atom is 0.322 e. The molecule has 0 saturated heterocycles. The van der Waals surface area contributed by atoms with E-state index < -0.39 is 0 Å². The molecule has 0 spiro atoms. The second-order valence-corrected chi connectivity index (χ2v) is 6.37. The average molecular weight is 335 g/mol. The van der Waals surface area contributed by atoms with E-state index in [1.807, 2.05) is 38.1 Å². The van der Waals surface area contributed by atoms with Gasteiger partial charge in [0.1, 0.15) is 0 Å². The van der Waals surface area contributed by atoms with Crippen LogP contribution in [0.25, 0.3) is 0 Å². The highest BCUT2D eigenvalue weighted by molar-refractivity contribution is 6.04. The Morgan fingerprint density at radius 1 is 0.960 bits per heavy atom. The van der Waals surface area contributed by atoms with Gasteiger partial charge in [0.05, 0.1) is 6.42 Å². The summed E-state index contributed by atoms with van der Waals surface area (Å²) in [5, 5.41) is 10.6. The van der Waals surface area contributed by atoms with Gasteiger partial charge >= 0.3 is 6.01 Å². The number of amides is 1. The van der Waals surface area contributed by atoms with Gasteiger partial charge in [-0.3, -0.25) is 10.1 Å². The second-order valence-electron chi connectivity index (χ2n) is 6.37. The topological polar surface area (TPSA) is 68.0 Å². The Bertz CT molecular complexity index is 928. The number of rotatable bonds is 4. The van der Waals surface area contributed by atoms with Crippen LogP contribution in [0, 0.1) is 27.7 Å². The van der Waals surface area contributed by atoms with Crippen molar-refractivity contribution in [3.8, 4) is 0 Å². The van der Waals surface area contributed by atoms with E-state index in [4.69, 9.17) is 4.42 Å². The minimum Gasteiger partial charge on any atom is -0.407 e. The van der Waals surface area contributed by atoms with Gasteiger partial charge < -0.3 is 4.42 Å². The van der Waals surface area contributed by atoms with Gasteiger partial charge in [0.15, 0.2) is 0 Å². The van der Waals surface area contributed by atoms with E-state index in [2.05, 4.69) is 41.5 Å². The second kappa shape index (κ2) is 6.89. The van der Waals surface area contributed by atoms with E-state index in [-0.39, 0.29) is 11.9 Å². The van der Waals surface area contributed by atoms with Crippen LogP contribution in [-0.2, 0) is 6.42 Å². The van der Waals surface area contributed by atoms with Crippen molar-refractivity contribution in [2.75, 3.05) is 5.32 Å². The Morgan fingerprint density at radius 2 is 1.72 bits per heavy atom. The van der Waals surface area contributed by atoms with Gasteiger partial charge in [-0.1, -0.05) is 41.0 Å². The van der Waals surface area contributed by atoms with Crippen LogP contribution in [0.2, 0.25) is 0 Å². The fraction of sp³-hybridized carbons (Fsp3) is 0.250. The van der Waals surface area contributed by atoms with Gasteiger partial charge in [0.2, 0.25) is 5.89 Å². The van der Waals surface area contributed by atoms with Crippen LogP contribution in [0.4, 0.5) is 6.01 Å². The number of nitrogens with zero attached hydrogens (tertiary/aromatic N) is 2. The third-order valence-corrected chi connectivity index (χ3v) is 4.25. The zero-order chi connectivity index (χ0) is 18.0. The van der Waals surface area contributed by atoms with Crippen molar-refractivity contribution >= 4 is 11.9 Å². The number of anilines is 1. The lowest BCUT2D eigenvalue weighted by atomic mass is 10.0. The van der Waals surface area contributed by atoms with Crippen LogP contribution >= 0.6 is 0 Å². The molecule has 0 aliphatic heterocycles. The Morgan fingerprint density at radius 3 is 2.48 bits per heavy atom. The van der Waals surface area contributed by atoms with E-state index in [0.29, 0.717) is 17.9 Å². The fourth-order valence-electron chi connectivity index (χ4n) is 2.61. The van der Waals surface area contributed by atoms with Crippen molar-refractivity contribution in [2.24, 2.45) is 0 Å². The lowest BCUT2D eigenvalue weighted by Crippen LogP contribution is -2.13. The molecule has 3 rings (SSSR count). The monoisotopic (exact) mass is 335 g/mol. The summed E-state index contributed by atoms with van der Waals surface area (Å²) in [5.41, 5.74) is 6.10. The number of carbonyl (C=O) groups is 1. The van der Waals surface area contributed by atoms with Crippen LogP contribution in [0.15, 0.2) is 40.8 Å². The summed E-state index contributed by atoms with van der Waals surface area (Å²) < 4.78 is 5.57. The molecule has 0 unspecified atom stereocenters. The Labute approximate surface area is 147 Å². The number of aryl methyl sites for hydroxylation is 4. The molecule has 0 atom stereocenters. The van der Waals surface area contributed by atoms with Crippen molar-refractivity contribution in [1.82, 2.24) is 10.2 Å². The molecule has 128 valence electrons. The smallest absolute Gasteiger partial charge is 0.322 e. The highest BCUT2D eigenvalue weighted by Gasteiger charge is 2.14. The summed E-state index contributed by atoms with van der Waals surface area (Å²) in [6.45, 7) is 7.99. The van der Waals surface area contributed by atoms with Gasteiger partial charge in [-0.2, -0.15) is 0 Å². The molecule has 1 N–H and O–H groups in total. The molecule has 2 aromatic carbocycles. The minimum absolute atomic E-state index is 0.115. The molecule has 1 heterocycles. The number of hydrogen-bond acceptors (Lipinski definition) is 4. The molecule has 0 aliphatic rings. The highest BCUT2D eigenvalue weighted by atomic mass is 16.4. The number of aromatic nitrogens is 2. The quantitative estimate of drug-likeness (QED) is 0.778. The van der Waals surface area contributed by atoms with Crippen molar-refractivity contribution in [2.45, 2.75) is 34.1 Å². The summed E-state index contributed by atoms with van der Waals surface area (Å²) in [6.07, 6.45) is 0.535. The summed E-state index contributed by atoms with van der Waals surface area (Å²) in [5.74, 6) is 0.224. The molecular formula is C20H21N3O2. The van der Waals surface area contributed by atoms with E-state index in [1.54, 1.807) is 0 Å². The van der Waals surface area contributed by atoms with Crippen LogP contribution in [0.5, 0.6) is 0 Å². The SMILES string of the molecule is Cc1ccc(C)c(C(=O)Nc2nnc(Cc3ccc(C)c(C)c3)o2)c1. The Hall–Kier alpha value is -2.95. The Balaban J connectivity index is 1.72. The highest BCUT2D eigenvalue weighted by Crippen LogP contribution is 2.16. The molecule has 3 aromatic rings. The number of hydrogen-bond donors (Lipinski definition) is 1. The van der Waals surface area contributed by atoms with Crippen molar-refractivity contribution in [3.05, 3.63) is 75.7 Å². The maximum absolute atomic E-state index is 12.4. The molecule has 0 radical (unpaired) electrons. The molecule has 1 aromatic heterocycles. The lowest BCUT2D eigenvalue weighted by molar-refractivity contribution is 0.102. The molecule has 5 heteroatoms. The number of benzene rings is 2. The van der Waals surface area contributed by atoms with E-state index in [1.165, 1.54) is 11.1 Å². The van der Waals surface area contributed by atoms with Gasteiger partial charge in [0.25, 0.3) is 5.91 Å². The summed E-state index contributed by atoms with van der Waals surface area (Å²) in [6, 6.07) is 12.1. The van der Waals surface area contributed by atoms with Gasteiger partial charge in [-0.05, 0) is 56.0 Å². The van der Waals surface area contributed by atoms with Crippen molar-refractivity contribution in [3.63, 3.8) is 0 Å². The van der Waals surface area contributed by atoms with Crippen LogP contribution < -0.4 is 5.32 Å². The molecule has 0 fully saturated rings. The van der Waals surface area contributed by atoms with Gasteiger partial charge in [-0.25, -0.2) is 0 Å². The molecule has 0 aliphatic carbocycles. The molecule has 1 amide bonds. The first-order valence-electron chi connectivity index (χ1n) is 8.19. The first kappa shape index (κ1) is 16.9. The third-order valence-electron chi connectivity index (χ3n) is 4.25. The summed E-state index contributed by atoms with van der Waals surface area (Å²) in [4.78, 5) is 12.4. The van der Waals surface area contributed by atoms with Crippen LogP contribution in [0.3, 0.4) is 0 Å². The molecular weight excluding hydrogens is 314 g/mol. The standard InChI is InChI=1S/C20H21N3O2/c1-12-5-6-14(3)17(9-12)19(24)21-20-23-22-18(25-20)11-16-8-7-13(2)15(4)10-16/h5-10H,11H2,1-4H3,(H,21,23,24). The maximum atomic E-state index is 12.4. The summed E-state index contributed by atoms with van der Waals surface area (Å²) >= 11 is 0. The predicted octanol–water partition coefficient (Wildman–Crippen LogP) is 4.15. The van der Waals surface area contributed by atoms with E-state index >= 15 is 0 Å². The zero-order valence-corrected chi connectivity index (χ0v) is 14.9. The van der Waals surface area contributed by atoms with E-state index in [9.17, 15) is 4.79 Å². The minimum atomic E-state index is -0.248. The zero-order valence-electron chi connectivity index (χ0n) is 14.9. The fourth-order valence-corrected chi connectivity index (χ4v) is 2.61. The third kappa shape index (κ3) is 3.94. The molecule has 25 heavy (non-hydrogen) atoms. The largest absolute Gasteiger partial charge is 0.407 e. The van der Waals surface area contributed by atoms with Gasteiger partial charge in [-0.15, -0.1) is 5.10 Å². The number of carbonyl (C=O) groups excluding carboxylic acids is 1. The first-order valence-corrected chi connectivity index (χ1v) is 8.19. The molecule has 5 nitrogen and oxygen atoms in total. The van der Waals surface area contributed by atoms with Crippen LogP contribution in [-0.4, -0.2) is 16.1 Å². The normalized spacial score (nSPS) is 10.7. The molecule has 0 saturated carbocycles. The van der Waals surface area contributed by atoms with Gasteiger partial charge in [0, 0.05) is 5.56 Å². The molecule has 0 bridgehead atoms. The Kier molecular flexibility index (Phi) is 4.65. The number of nitrogens with one attached hydrogen (secondary N) is 1. The first-order chi connectivity index (χ1) is 11.9. The van der Waals surface area contributed by atoms with Crippen molar-refractivity contribution in [1.29, 1.82) is 0 Å². The van der Waals surface area contributed by atoms with Crippen LogP contribution in [0.1, 0.15) is 44.1 Å². The average Bonchev–Trinajstić information content (AvgIpc) is 3.00. The predicted molar refractivity (Wildman–Crippen MR) is 96.9 cm³/mol. The van der Waals surface area contributed by atoms with Crippen molar-refractivity contribution < 1.29 is 9.21 Å².